The lowest BCUT2D eigenvalue weighted by molar-refractivity contribution is -0.155. The van der Waals surface area contributed by atoms with E-state index in [1.54, 1.807) is 75.4 Å². The first-order valence-electron chi connectivity index (χ1n) is 22.9. The van der Waals surface area contributed by atoms with Crippen molar-refractivity contribution in [3.63, 3.8) is 0 Å². The van der Waals surface area contributed by atoms with E-state index in [0.717, 1.165) is 5.56 Å². The predicted octanol–water partition coefficient (Wildman–Crippen LogP) is 1.49. The zero-order valence-electron chi connectivity index (χ0n) is 39.2. The Morgan fingerprint density at radius 3 is 1.74 bits per heavy atom. The molecule has 7 N–H and O–H groups in total. The third-order valence-corrected chi connectivity index (χ3v) is 11.1. The molecule has 2 heterocycles. The van der Waals surface area contributed by atoms with E-state index in [1.807, 2.05) is 19.9 Å². The number of benzene rings is 2. The lowest BCUT2D eigenvalue weighted by Gasteiger charge is -2.30. The zero-order chi connectivity index (χ0) is 48.6. The number of hydrogen-bond acceptors (Lipinski definition) is 10. The van der Waals surface area contributed by atoms with E-state index >= 15 is 0 Å². The van der Waals surface area contributed by atoms with Crippen LogP contribution in [0.2, 0.25) is 0 Å². The smallest absolute Gasteiger partial charge is 0.306 e. The molecule has 2 unspecified atom stereocenters. The van der Waals surface area contributed by atoms with Crippen molar-refractivity contribution in [1.29, 1.82) is 0 Å². The molecule has 360 valence electrons. The second-order valence-electron chi connectivity index (χ2n) is 18.5. The molecule has 2 aliphatic rings. The van der Waals surface area contributed by atoms with E-state index in [1.165, 1.54) is 18.7 Å². The van der Waals surface area contributed by atoms with Gasteiger partial charge in [0.05, 0.1) is 0 Å². The number of rotatable bonds is 9. The Labute approximate surface area is 387 Å². The number of amides is 8. The van der Waals surface area contributed by atoms with Crippen molar-refractivity contribution in [1.82, 2.24) is 42.1 Å². The van der Waals surface area contributed by atoms with Gasteiger partial charge in [0.25, 0.3) is 0 Å². The molecule has 0 spiro atoms. The minimum Gasteiger partial charge on any atom is -0.460 e. The van der Waals surface area contributed by atoms with Crippen molar-refractivity contribution >= 4 is 53.2 Å². The number of carbonyl (C=O) groups excluding carboxylic acids is 9. The molecule has 18 nitrogen and oxygen atoms in total. The van der Waals surface area contributed by atoms with E-state index in [2.05, 4.69) is 37.2 Å². The lowest BCUT2D eigenvalue weighted by atomic mass is 10.00. The monoisotopic (exact) mass is 917 g/mol. The Kier molecular flexibility index (Phi) is 19.7. The fourth-order valence-corrected chi connectivity index (χ4v) is 7.74. The van der Waals surface area contributed by atoms with Crippen LogP contribution in [0.25, 0.3) is 0 Å². The summed E-state index contributed by atoms with van der Waals surface area (Å²) in [6.07, 6.45) is 0.603. The number of nitrogens with one attached hydrogen (secondary N) is 7. The van der Waals surface area contributed by atoms with Crippen LogP contribution in [-0.4, -0.2) is 119 Å². The molecule has 0 radical (unpaired) electrons. The Morgan fingerprint density at radius 2 is 1.17 bits per heavy atom. The van der Waals surface area contributed by atoms with Gasteiger partial charge in [-0.2, -0.15) is 0 Å². The number of carbonyl (C=O) groups is 9. The number of hydrogen-bond donors (Lipinski definition) is 7. The molecule has 2 aliphatic heterocycles. The fourth-order valence-electron chi connectivity index (χ4n) is 7.74. The molecular weight excluding hydrogens is 849 g/mol. The standard InChI is InChI=1S/C48H68N8O10/c1-29(2)26-35-45(63)55-37(28-33-18-12-9-13-19-33)44(62)50-30(3)41(59)49-24-14-21-39(57)52-36(27-32-16-10-8-11-17-32)43(61)51-31(4)47(65)56-25-15-20-38(56)46(64)53-34(42(60)54-35)22-23-40(58)66-48(5,6)7/h8-13,16-19,29-31,34-38H,14-15,20-28H2,1-7H3,(H,49,59)(H,50,62)(H,51,61)(H,52,57)(H,53,64)(H,54,60)(H,55,63)/t30-,31-,34-,35-,36-,37?,38?/m0/s1. The van der Waals surface area contributed by atoms with Crippen LogP contribution < -0.4 is 37.2 Å². The van der Waals surface area contributed by atoms with Crippen LogP contribution in [0.5, 0.6) is 0 Å². The van der Waals surface area contributed by atoms with Gasteiger partial charge in [-0.3, -0.25) is 43.2 Å². The Bertz CT molecular complexity index is 2030. The van der Waals surface area contributed by atoms with E-state index < -0.39 is 101 Å². The summed E-state index contributed by atoms with van der Waals surface area (Å²) >= 11 is 0. The first kappa shape index (κ1) is 52.3. The molecule has 8 amide bonds. The van der Waals surface area contributed by atoms with Gasteiger partial charge in [0, 0.05) is 38.8 Å². The molecular formula is C48H68N8O10. The largest absolute Gasteiger partial charge is 0.460 e. The summed E-state index contributed by atoms with van der Waals surface area (Å²) in [4.78, 5) is 125. The number of ether oxygens (including phenoxy) is 1. The van der Waals surface area contributed by atoms with Gasteiger partial charge >= 0.3 is 5.97 Å². The van der Waals surface area contributed by atoms with Crippen molar-refractivity contribution in [2.45, 2.75) is 154 Å². The van der Waals surface area contributed by atoms with Gasteiger partial charge in [0.15, 0.2) is 0 Å². The topological polar surface area (TPSA) is 250 Å². The number of nitrogens with zero attached hydrogens (tertiary/aromatic N) is 1. The van der Waals surface area contributed by atoms with Crippen LogP contribution in [0.15, 0.2) is 60.7 Å². The maximum absolute atomic E-state index is 14.3. The average molecular weight is 917 g/mol. The summed E-state index contributed by atoms with van der Waals surface area (Å²) in [6.45, 7) is 12.0. The van der Waals surface area contributed by atoms with Crippen LogP contribution in [0.4, 0.5) is 0 Å². The maximum atomic E-state index is 14.3. The molecule has 2 saturated heterocycles. The molecule has 0 saturated carbocycles. The van der Waals surface area contributed by atoms with E-state index in [0.29, 0.717) is 12.0 Å². The van der Waals surface area contributed by atoms with Crippen molar-refractivity contribution in [2.75, 3.05) is 13.1 Å². The highest BCUT2D eigenvalue weighted by Gasteiger charge is 2.39. The third-order valence-electron chi connectivity index (χ3n) is 11.1. The molecule has 2 aromatic rings. The Balaban J connectivity index is 1.68. The number of fused-ring (bicyclic) bond motifs is 1. The first-order valence-corrected chi connectivity index (χ1v) is 22.9. The SMILES string of the molecule is CC(C)C[C@@H]1NC(=O)[C@H](CCC(=O)OC(C)(C)C)NC(=O)C2CCCN2C(=O)[C@H](C)NC(=O)[C@H](Cc2ccccc2)NC(=O)CCCNC(=O)[C@H](C)NC(=O)C(Cc2ccccc2)NC1=O. The van der Waals surface area contributed by atoms with Gasteiger partial charge in [-0.25, -0.2) is 0 Å². The quantitative estimate of drug-likeness (QED) is 0.179. The van der Waals surface area contributed by atoms with Crippen molar-refractivity contribution in [3.8, 4) is 0 Å². The van der Waals surface area contributed by atoms with Crippen molar-refractivity contribution < 1.29 is 47.9 Å². The third kappa shape index (κ3) is 16.9. The summed E-state index contributed by atoms with van der Waals surface area (Å²) < 4.78 is 5.48. The van der Waals surface area contributed by atoms with Gasteiger partial charge in [0.2, 0.25) is 47.3 Å². The Hall–Kier alpha value is -6.33. The van der Waals surface area contributed by atoms with Crippen LogP contribution >= 0.6 is 0 Å². The lowest BCUT2D eigenvalue weighted by Crippen LogP contribution is -2.60. The van der Waals surface area contributed by atoms with Crippen LogP contribution in [0.3, 0.4) is 0 Å². The molecule has 66 heavy (non-hydrogen) atoms. The van der Waals surface area contributed by atoms with Crippen molar-refractivity contribution in [3.05, 3.63) is 71.8 Å². The molecule has 0 aliphatic carbocycles. The van der Waals surface area contributed by atoms with Gasteiger partial charge in [0.1, 0.15) is 47.9 Å². The minimum atomic E-state index is -1.37. The molecule has 7 atom stereocenters. The number of esters is 1. The molecule has 18 heteroatoms. The average Bonchev–Trinajstić information content (AvgIpc) is 3.75. The van der Waals surface area contributed by atoms with E-state index in [4.69, 9.17) is 4.74 Å². The maximum Gasteiger partial charge on any atom is 0.306 e. The van der Waals surface area contributed by atoms with Gasteiger partial charge in [-0.1, -0.05) is 74.5 Å². The zero-order valence-corrected chi connectivity index (χ0v) is 39.2. The summed E-state index contributed by atoms with van der Waals surface area (Å²) in [5.74, 6) is -5.80. The van der Waals surface area contributed by atoms with E-state index in [-0.39, 0.29) is 70.4 Å². The summed E-state index contributed by atoms with van der Waals surface area (Å²) in [5, 5.41) is 19.1. The van der Waals surface area contributed by atoms with Crippen LogP contribution in [0, 0.1) is 5.92 Å². The van der Waals surface area contributed by atoms with Crippen LogP contribution in [-0.2, 0) is 60.7 Å². The van der Waals surface area contributed by atoms with Crippen LogP contribution in [0.1, 0.15) is 105 Å². The summed E-state index contributed by atoms with van der Waals surface area (Å²) in [5.41, 5.74) is 0.629. The second-order valence-corrected chi connectivity index (χ2v) is 18.5. The first-order chi connectivity index (χ1) is 31.2. The molecule has 2 fully saturated rings. The van der Waals surface area contributed by atoms with E-state index in [9.17, 15) is 43.2 Å². The van der Waals surface area contributed by atoms with Crippen molar-refractivity contribution in [2.24, 2.45) is 5.92 Å². The predicted molar refractivity (Wildman–Crippen MR) is 245 cm³/mol. The van der Waals surface area contributed by atoms with Gasteiger partial charge in [-0.05, 0) is 83.8 Å². The highest BCUT2D eigenvalue weighted by molar-refractivity contribution is 5.98. The second kappa shape index (κ2) is 24.8. The molecule has 2 aromatic carbocycles. The molecule has 0 bridgehead atoms. The summed E-state index contributed by atoms with van der Waals surface area (Å²) in [6, 6.07) is 9.87. The highest BCUT2D eigenvalue weighted by atomic mass is 16.6. The van der Waals surface area contributed by atoms with Gasteiger partial charge in [-0.15, -0.1) is 0 Å². The Morgan fingerprint density at radius 1 is 0.652 bits per heavy atom. The normalized spacial score (nSPS) is 25.0. The summed E-state index contributed by atoms with van der Waals surface area (Å²) in [7, 11) is 0. The fraction of sp³-hybridized carbons (Fsp3) is 0.562. The molecule has 4 rings (SSSR count). The minimum absolute atomic E-state index is 0.0390. The highest BCUT2D eigenvalue weighted by Crippen LogP contribution is 2.20. The molecule has 0 aromatic heterocycles. The van der Waals surface area contributed by atoms with Gasteiger partial charge < -0.3 is 46.9 Å².